The van der Waals surface area contributed by atoms with Gasteiger partial charge in [-0.2, -0.15) is 0 Å². The Morgan fingerprint density at radius 1 is 1.40 bits per heavy atom. The highest BCUT2D eigenvalue weighted by Gasteiger charge is 2.20. The fraction of sp³-hybridized carbons (Fsp3) is 0.750. The topological polar surface area (TPSA) is 37.0 Å². The molecule has 2 nitrogen and oxygen atoms in total. The standard InChI is InChI=1S/C2H5Cl3Si.C2H3O2/c1-2-6(3,4)5;1-2(3)4/h2H2,1H3;1H3. The predicted molar refractivity (Wildman–Crippen MR) is 45.2 cm³/mol. The van der Waals surface area contributed by atoms with Crippen LogP contribution in [0, 0.1) is 0 Å². The minimum Gasteiger partial charge on any atom is -0.248 e. The lowest BCUT2D eigenvalue weighted by atomic mass is 10.9. The molecule has 0 spiro atoms. The summed E-state index contributed by atoms with van der Waals surface area (Å²) in [7, 11) is 0. The Kier molecular flexibility index (Phi) is 8.27. The molecule has 6 heteroatoms. The lowest BCUT2D eigenvalue weighted by molar-refractivity contribution is -0.140. The van der Waals surface area contributed by atoms with Crippen molar-refractivity contribution in [1.82, 2.24) is 0 Å². The Balaban J connectivity index is 0. The first-order valence-corrected chi connectivity index (χ1v) is 7.78. The van der Waals surface area contributed by atoms with E-state index in [1.165, 1.54) is 0 Å². The molecule has 1 radical (unpaired) electrons. The van der Waals surface area contributed by atoms with Crippen LogP contribution in [0.5, 0.6) is 0 Å². The second-order valence-corrected chi connectivity index (χ2v) is 10.9. The minimum atomic E-state index is -2.21. The van der Waals surface area contributed by atoms with Crippen molar-refractivity contribution in [2.24, 2.45) is 0 Å². The van der Waals surface area contributed by atoms with Crippen LogP contribution in [0.4, 0.5) is 0 Å². The van der Waals surface area contributed by atoms with Crippen molar-refractivity contribution in [2.45, 2.75) is 19.9 Å². The number of rotatable bonds is 1. The fourth-order valence-electron chi connectivity index (χ4n) is 0. The first kappa shape index (κ1) is 13.2. The van der Waals surface area contributed by atoms with Gasteiger partial charge in [-0.25, -0.2) is 9.90 Å². The van der Waals surface area contributed by atoms with E-state index in [0.29, 0.717) is 6.04 Å². The summed E-state index contributed by atoms with van der Waals surface area (Å²) in [6.07, 6.45) is 0. The molecule has 0 aliphatic rings. The summed E-state index contributed by atoms with van der Waals surface area (Å²) in [4.78, 5) is 8.89. The number of hydrogen-bond acceptors (Lipinski definition) is 1. The minimum absolute atomic E-state index is 0.706. The van der Waals surface area contributed by atoms with Gasteiger partial charge in [0.05, 0.1) is 0 Å². The third-order valence-corrected chi connectivity index (χ3v) is 3.61. The zero-order chi connectivity index (χ0) is 8.78. The van der Waals surface area contributed by atoms with Crippen molar-refractivity contribution in [3.05, 3.63) is 0 Å². The quantitative estimate of drug-likeness (QED) is 0.496. The van der Waals surface area contributed by atoms with Crippen molar-refractivity contribution in [3.8, 4) is 0 Å². The summed E-state index contributed by atoms with van der Waals surface area (Å²) in [6, 6.07) is -1.51. The molecule has 0 rings (SSSR count). The third kappa shape index (κ3) is 38.6. The molecule has 0 aliphatic carbocycles. The van der Waals surface area contributed by atoms with Crippen molar-refractivity contribution in [2.75, 3.05) is 0 Å². The molecule has 0 amide bonds. The Morgan fingerprint density at radius 3 is 1.50 bits per heavy atom. The van der Waals surface area contributed by atoms with E-state index in [1.54, 1.807) is 0 Å². The van der Waals surface area contributed by atoms with Gasteiger partial charge in [-0.1, -0.05) is 6.92 Å². The van der Waals surface area contributed by atoms with Gasteiger partial charge in [0.15, 0.2) is 0 Å². The monoisotopic (exact) mass is 221 g/mol. The summed E-state index contributed by atoms with van der Waals surface area (Å²) in [5.74, 6) is -1.08. The molecule has 61 valence electrons. The smallest absolute Gasteiger partial charge is 0.248 e. The average Bonchev–Trinajstić information content (AvgIpc) is 1.63. The van der Waals surface area contributed by atoms with Crippen LogP contribution in [0.25, 0.3) is 0 Å². The van der Waals surface area contributed by atoms with E-state index < -0.39 is 12.0 Å². The van der Waals surface area contributed by atoms with Crippen LogP contribution in [-0.4, -0.2) is 12.0 Å². The van der Waals surface area contributed by atoms with Crippen molar-refractivity contribution < 1.29 is 9.90 Å². The Labute approximate surface area is 75.2 Å². The summed E-state index contributed by atoms with van der Waals surface area (Å²) < 4.78 is 0. The summed E-state index contributed by atoms with van der Waals surface area (Å²) in [5, 5.41) is 8.89. The number of halogens is 3. The van der Waals surface area contributed by atoms with Crippen molar-refractivity contribution >= 4 is 45.2 Å². The van der Waals surface area contributed by atoms with Gasteiger partial charge in [-0.05, 0) is 6.04 Å². The SMILES string of the molecule is CC([O])=O.CC[Si](Cl)(Cl)Cl. The summed E-state index contributed by atoms with van der Waals surface area (Å²) in [5.41, 5.74) is 0. The lowest BCUT2D eigenvalue weighted by Crippen LogP contribution is -2.04. The van der Waals surface area contributed by atoms with E-state index in [4.69, 9.17) is 43.1 Å². The Hall–Kier alpha value is 0.557. The second kappa shape index (κ2) is 6.28. The first-order valence-electron chi connectivity index (χ1n) is 2.54. The average molecular weight is 223 g/mol. The van der Waals surface area contributed by atoms with Crippen LogP contribution >= 0.6 is 33.2 Å². The Morgan fingerprint density at radius 2 is 1.50 bits per heavy atom. The van der Waals surface area contributed by atoms with Crippen molar-refractivity contribution in [3.63, 3.8) is 0 Å². The van der Waals surface area contributed by atoms with Gasteiger partial charge < -0.3 is 0 Å². The molecule has 0 heterocycles. The van der Waals surface area contributed by atoms with Gasteiger partial charge in [-0.15, -0.1) is 33.2 Å². The van der Waals surface area contributed by atoms with Gasteiger partial charge >= 0.3 is 12.0 Å². The molecule has 0 aromatic rings. The maximum Gasteiger partial charge on any atom is 0.352 e. The molecule has 0 saturated carbocycles. The zero-order valence-electron chi connectivity index (χ0n) is 5.66. The molecule has 0 aromatic carbocycles. The predicted octanol–water partition coefficient (Wildman–Crippen LogP) is 2.63. The van der Waals surface area contributed by atoms with Gasteiger partial charge in [0.25, 0.3) is 0 Å². The van der Waals surface area contributed by atoms with Crippen LogP contribution in [0.1, 0.15) is 13.8 Å². The van der Waals surface area contributed by atoms with Gasteiger partial charge in [0.2, 0.25) is 0 Å². The zero-order valence-corrected chi connectivity index (χ0v) is 8.93. The van der Waals surface area contributed by atoms with Gasteiger partial charge in [0, 0.05) is 6.92 Å². The van der Waals surface area contributed by atoms with Crippen LogP contribution < -0.4 is 0 Å². The molecule has 0 fully saturated rings. The number of carbonyl (C=O) groups is 1. The number of hydrogen-bond donors (Lipinski definition) is 0. The molecular formula is C4H8Cl3O2Si. The highest BCUT2D eigenvalue weighted by Crippen LogP contribution is 2.23. The molecule has 0 aromatic heterocycles. The van der Waals surface area contributed by atoms with E-state index in [9.17, 15) is 0 Å². The molecule has 0 saturated heterocycles. The normalized spacial score (nSPS) is 9.70. The maximum absolute atomic E-state index is 8.89. The van der Waals surface area contributed by atoms with Crippen LogP contribution in [-0.2, 0) is 9.90 Å². The van der Waals surface area contributed by atoms with E-state index in [-0.39, 0.29) is 0 Å². The van der Waals surface area contributed by atoms with Crippen LogP contribution in [0.3, 0.4) is 0 Å². The first-order chi connectivity index (χ1) is 4.29. The highest BCUT2D eigenvalue weighted by molar-refractivity contribution is 7.64. The van der Waals surface area contributed by atoms with Crippen LogP contribution in [0.2, 0.25) is 6.04 Å². The maximum atomic E-state index is 8.89. The van der Waals surface area contributed by atoms with Gasteiger partial charge in [0.1, 0.15) is 0 Å². The molecule has 0 atom stereocenters. The van der Waals surface area contributed by atoms with Crippen LogP contribution in [0.15, 0.2) is 0 Å². The third-order valence-electron chi connectivity index (χ3n) is 0.401. The van der Waals surface area contributed by atoms with E-state index >= 15 is 0 Å². The molecular weight excluding hydrogens is 214 g/mol. The molecule has 0 aliphatic heterocycles. The van der Waals surface area contributed by atoms with E-state index in [0.717, 1.165) is 6.92 Å². The summed E-state index contributed by atoms with van der Waals surface area (Å²) in [6.45, 7) is 2.85. The fourth-order valence-corrected chi connectivity index (χ4v) is 0. The van der Waals surface area contributed by atoms with Gasteiger partial charge in [-0.3, -0.25) is 0 Å². The lowest BCUT2D eigenvalue weighted by Gasteiger charge is -1.98. The second-order valence-electron chi connectivity index (χ2n) is 1.46. The highest BCUT2D eigenvalue weighted by atomic mass is 35.8. The molecule has 10 heavy (non-hydrogen) atoms. The van der Waals surface area contributed by atoms with E-state index in [1.807, 2.05) is 6.92 Å². The van der Waals surface area contributed by atoms with Crippen molar-refractivity contribution in [1.29, 1.82) is 0 Å². The Bertz CT molecular complexity index is 97.2. The number of carbonyl (C=O) groups excluding carboxylic acids is 1. The largest absolute Gasteiger partial charge is 0.352 e. The summed E-state index contributed by atoms with van der Waals surface area (Å²) >= 11 is 16.2. The molecule has 0 bridgehead atoms. The molecule has 0 N–H and O–H groups in total. The molecule has 0 unspecified atom stereocenters. The van der Waals surface area contributed by atoms with E-state index in [2.05, 4.69) is 0 Å².